The van der Waals surface area contributed by atoms with Gasteiger partial charge in [-0.3, -0.25) is 9.52 Å². The van der Waals surface area contributed by atoms with Gasteiger partial charge in [0.2, 0.25) is 0 Å². The molecule has 0 aromatic heterocycles. The van der Waals surface area contributed by atoms with Crippen LogP contribution in [-0.4, -0.2) is 20.0 Å². The van der Waals surface area contributed by atoms with Crippen molar-refractivity contribution in [3.63, 3.8) is 0 Å². The van der Waals surface area contributed by atoms with E-state index in [1.54, 1.807) is 30.3 Å². The van der Waals surface area contributed by atoms with Crippen LogP contribution < -0.4 is 10.1 Å². The van der Waals surface area contributed by atoms with Gasteiger partial charge in [-0.1, -0.05) is 43.1 Å². The largest absolute Gasteiger partial charge is 0.278 e. The molecule has 1 aliphatic carbocycles. The van der Waals surface area contributed by atoms with Crippen LogP contribution in [-0.2, 0) is 10.0 Å². The van der Waals surface area contributed by atoms with Crippen molar-refractivity contribution in [2.24, 2.45) is 11.0 Å². The topological polar surface area (TPSA) is 87.6 Å². The smallest absolute Gasteiger partial charge is 0.271 e. The summed E-state index contributed by atoms with van der Waals surface area (Å²) in [5, 5.41) is 4.54. The monoisotopic (exact) mass is 419 g/mol. The fraction of sp³-hybridized carbons (Fsp3) is 0.300. The first-order chi connectivity index (χ1) is 13.4. The molecule has 148 valence electrons. The lowest BCUT2D eigenvalue weighted by atomic mass is 9.89. The highest BCUT2D eigenvalue weighted by Crippen LogP contribution is 2.24. The van der Waals surface area contributed by atoms with Crippen LogP contribution in [0.5, 0.6) is 0 Å². The van der Waals surface area contributed by atoms with Gasteiger partial charge in [0.25, 0.3) is 15.9 Å². The number of hydrazone groups is 1. The number of carbonyl (C=O) groups is 1. The number of benzene rings is 2. The maximum Gasteiger partial charge on any atom is 0.271 e. The summed E-state index contributed by atoms with van der Waals surface area (Å²) in [6.45, 7) is 2.09. The molecule has 28 heavy (non-hydrogen) atoms. The van der Waals surface area contributed by atoms with Gasteiger partial charge < -0.3 is 0 Å². The summed E-state index contributed by atoms with van der Waals surface area (Å²) >= 11 is 6.02. The molecule has 0 saturated heterocycles. The lowest BCUT2D eigenvalue weighted by molar-refractivity contribution is 0.0954. The maximum absolute atomic E-state index is 12.6. The van der Waals surface area contributed by atoms with E-state index in [-0.39, 0.29) is 21.2 Å². The van der Waals surface area contributed by atoms with Crippen molar-refractivity contribution in [1.82, 2.24) is 5.43 Å². The van der Waals surface area contributed by atoms with Crippen LogP contribution in [0, 0.1) is 5.92 Å². The van der Waals surface area contributed by atoms with Gasteiger partial charge in [0.15, 0.2) is 0 Å². The Hall–Kier alpha value is -2.38. The zero-order chi connectivity index (χ0) is 20.1. The highest BCUT2D eigenvalue weighted by atomic mass is 35.5. The third kappa shape index (κ3) is 4.91. The molecule has 2 N–H and O–H groups in total. The number of para-hydroxylation sites is 1. The Kier molecular flexibility index (Phi) is 6.36. The molecular formula is C20H22ClN3O3S. The zero-order valence-corrected chi connectivity index (χ0v) is 17.1. The van der Waals surface area contributed by atoms with E-state index in [0.29, 0.717) is 5.92 Å². The minimum absolute atomic E-state index is 0.0289. The molecule has 8 heteroatoms. The van der Waals surface area contributed by atoms with Crippen LogP contribution in [0.25, 0.3) is 0 Å². The van der Waals surface area contributed by atoms with Crippen LogP contribution in [0.1, 0.15) is 43.0 Å². The number of carbonyl (C=O) groups excluding carboxylic acids is 1. The molecule has 0 aliphatic heterocycles. The average molecular weight is 420 g/mol. The fourth-order valence-corrected chi connectivity index (χ4v) is 4.44. The molecule has 0 heterocycles. The number of amides is 1. The van der Waals surface area contributed by atoms with Crippen LogP contribution >= 0.6 is 11.6 Å². The van der Waals surface area contributed by atoms with Crippen LogP contribution in [0.2, 0.25) is 5.02 Å². The van der Waals surface area contributed by atoms with Crippen molar-refractivity contribution >= 4 is 38.9 Å². The van der Waals surface area contributed by atoms with Gasteiger partial charge in [0, 0.05) is 11.3 Å². The molecular weight excluding hydrogens is 398 g/mol. The molecule has 0 spiro atoms. The van der Waals surface area contributed by atoms with E-state index in [9.17, 15) is 13.2 Å². The van der Waals surface area contributed by atoms with Gasteiger partial charge in [-0.15, -0.1) is 0 Å². The molecule has 1 aliphatic rings. The quantitative estimate of drug-likeness (QED) is 0.702. The Balaban J connectivity index is 1.76. The van der Waals surface area contributed by atoms with Gasteiger partial charge in [-0.05, 0) is 55.5 Å². The second-order valence-corrected chi connectivity index (χ2v) is 8.89. The van der Waals surface area contributed by atoms with Gasteiger partial charge >= 0.3 is 0 Å². The number of halogens is 1. The van der Waals surface area contributed by atoms with E-state index in [2.05, 4.69) is 22.2 Å². The number of sulfonamides is 1. The summed E-state index contributed by atoms with van der Waals surface area (Å²) in [6.07, 6.45) is 4.18. The van der Waals surface area contributed by atoms with Crippen molar-refractivity contribution in [1.29, 1.82) is 0 Å². The standard InChI is InChI=1S/C20H22ClN3O3S/c1-14-7-2-4-11-18(14)22-23-20(25)15-8-6-9-16(13-15)28(26,27)24-19-12-5-3-10-17(19)21/h3,5-6,8-10,12-14,24H,2,4,7,11H2,1H3,(H,23,25)/b22-18-/t14-/m0/s1. The maximum atomic E-state index is 12.6. The van der Waals surface area contributed by atoms with E-state index in [1.165, 1.54) is 24.6 Å². The number of nitrogens with one attached hydrogen (secondary N) is 2. The molecule has 0 radical (unpaired) electrons. The van der Waals surface area contributed by atoms with Crippen molar-refractivity contribution in [2.45, 2.75) is 37.5 Å². The Bertz CT molecular complexity index is 1010. The lowest BCUT2D eigenvalue weighted by Gasteiger charge is -2.19. The summed E-state index contributed by atoms with van der Waals surface area (Å²) in [4.78, 5) is 12.4. The first-order valence-electron chi connectivity index (χ1n) is 9.11. The van der Waals surface area contributed by atoms with Crippen molar-refractivity contribution in [3.05, 3.63) is 59.1 Å². The Morgan fingerprint density at radius 3 is 2.68 bits per heavy atom. The number of hydrogen-bond acceptors (Lipinski definition) is 4. The van der Waals surface area contributed by atoms with Crippen molar-refractivity contribution in [2.75, 3.05) is 4.72 Å². The summed E-state index contributed by atoms with van der Waals surface area (Å²) in [5.74, 6) is -0.0966. The first kappa shape index (κ1) is 20.4. The predicted molar refractivity (Wildman–Crippen MR) is 111 cm³/mol. The van der Waals surface area contributed by atoms with E-state index < -0.39 is 15.9 Å². The molecule has 1 fully saturated rings. The third-order valence-electron chi connectivity index (χ3n) is 4.71. The van der Waals surface area contributed by atoms with E-state index in [1.807, 2.05) is 0 Å². The third-order valence-corrected chi connectivity index (χ3v) is 6.41. The molecule has 3 rings (SSSR count). The van der Waals surface area contributed by atoms with Crippen LogP contribution in [0.15, 0.2) is 58.5 Å². The molecule has 1 atom stereocenters. The second kappa shape index (κ2) is 8.75. The number of rotatable bonds is 5. The lowest BCUT2D eigenvalue weighted by Crippen LogP contribution is -2.24. The summed E-state index contributed by atoms with van der Waals surface area (Å²) in [7, 11) is -3.89. The number of hydrogen-bond donors (Lipinski definition) is 2. The van der Waals surface area contributed by atoms with E-state index in [0.717, 1.165) is 25.0 Å². The van der Waals surface area contributed by atoms with E-state index in [4.69, 9.17) is 11.6 Å². The molecule has 2 aromatic carbocycles. The van der Waals surface area contributed by atoms with E-state index >= 15 is 0 Å². The van der Waals surface area contributed by atoms with Gasteiger partial charge in [0.05, 0.1) is 15.6 Å². The van der Waals surface area contributed by atoms with Crippen molar-refractivity contribution in [3.8, 4) is 0 Å². The SMILES string of the molecule is C[C@H]1CCCC/C1=N/NC(=O)c1cccc(S(=O)(=O)Nc2ccccc2Cl)c1. The number of anilines is 1. The molecule has 1 amide bonds. The molecule has 0 unspecified atom stereocenters. The summed E-state index contributed by atoms with van der Waals surface area (Å²) in [6, 6.07) is 12.4. The first-order valence-corrected chi connectivity index (χ1v) is 11.0. The van der Waals surface area contributed by atoms with Gasteiger partial charge in [-0.2, -0.15) is 5.10 Å². The van der Waals surface area contributed by atoms with Gasteiger partial charge in [0.1, 0.15) is 0 Å². The Labute approximate surface area is 170 Å². The molecule has 0 bridgehead atoms. The summed E-state index contributed by atoms with van der Waals surface area (Å²) in [5.41, 5.74) is 4.02. The molecule has 1 saturated carbocycles. The van der Waals surface area contributed by atoms with Crippen molar-refractivity contribution < 1.29 is 13.2 Å². The number of nitrogens with zero attached hydrogens (tertiary/aromatic N) is 1. The average Bonchev–Trinajstić information content (AvgIpc) is 2.69. The normalized spacial score (nSPS) is 18.6. The highest BCUT2D eigenvalue weighted by Gasteiger charge is 2.19. The molecule has 2 aromatic rings. The fourth-order valence-electron chi connectivity index (χ4n) is 3.08. The Morgan fingerprint density at radius 1 is 1.14 bits per heavy atom. The Morgan fingerprint density at radius 2 is 1.93 bits per heavy atom. The van der Waals surface area contributed by atoms with Crippen LogP contribution in [0.4, 0.5) is 5.69 Å². The minimum Gasteiger partial charge on any atom is -0.278 e. The van der Waals surface area contributed by atoms with Gasteiger partial charge in [-0.25, -0.2) is 13.8 Å². The molecule has 6 nitrogen and oxygen atoms in total. The second-order valence-electron chi connectivity index (χ2n) is 6.80. The minimum atomic E-state index is -3.89. The zero-order valence-electron chi connectivity index (χ0n) is 15.5. The highest BCUT2D eigenvalue weighted by molar-refractivity contribution is 7.92. The summed E-state index contributed by atoms with van der Waals surface area (Å²) < 4.78 is 27.7. The van der Waals surface area contributed by atoms with Crippen LogP contribution in [0.3, 0.4) is 0 Å². The predicted octanol–water partition coefficient (Wildman–Crippen LogP) is 4.44.